The Morgan fingerprint density at radius 1 is 1.46 bits per heavy atom. The van der Waals surface area contributed by atoms with Crippen LogP contribution in [0.4, 0.5) is 0 Å². The molecule has 0 spiro atoms. The third-order valence-corrected chi connectivity index (χ3v) is 1.99. The number of hydrogen-bond donors (Lipinski definition) is 0. The number of ether oxygens (including phenoxy) is 2. The van der Waals surface area contributed by atoms with Gasteiger partial charge in [0.05, 0.1) is 0 Å². The van der Waals surface area contributed by atoms with Crippen molar-refractivity contribution >= 4 is 15.9 Å². The first-order valence-electron chi connectivity index (χ1n) is 4.26. The normalized spacial score (nSPS) is 12.5. The van der Waals surface area contributed by atoms with Crippen LogP contribution >= 0.6 is 15.9 Å². The van der Waals surface area contributed by atoms with E-state index in [0.717, 1.165) is 10.2 Å². The molecule has 0 radical (unpaired) electrons. The van der Waals surface area contributed by atoms with Crippen molar-refractivity contribution < 1.29 is 9.47 Å². The highest BCUT2D eigenvalue weighted by atomic mass is 79.9. The first-order valence-corrected chi connectivity index (χ1v) is 5.05. The van der Waals surface area contributed by atoms with Gasteiger partial charge in [-0.05, 0) is 32.0 Å². The molecule has 0 amide bonds. The molecule has 72 valence electrons. The molecular formula is C10H13BrO2. The molecule has 1 aromatic carbocycles. The topological polar surface area (TPSA) is 18.5 Å². The Hall–Kier alpha value is -0.540. The van der Waals surface area contributed by atoms with E-state index in [0.29, 0.717) is 6.61 Å². The summed E-state index contributed by atoms with van der Waals surface area (Å²) in [7, 11) is 0. The molecule has 0 aliphatic carbocycles. The van der Waals surface area contributed by atoms with Crippen LogP contribution in [0.3, 0.4) is 0 Å². The number of hydrogen-bond acceptors (Lipinski definition) is 2. The lowest BCUT2D eigenvalue weighted by atomic mass is 10.3. The molecule has 0 aliphatic heterocycles. The van der Waals surface area contributed by atoms with E-state index in [4.69, 9.17) is 9.47 Å². The van der Waals surface area contributed by atoms with Gasteiger partial charge in [0, 0.05) is 11.1 Å². The first-order chi connectivity index (χ1) is 6.22. The van der Waals surface area contributed by atoms with Gasteiger partial charge in [0.1, 0.15) is 5.75 Å². The van der Waals surface area contributed by atoms with Gasteiger partial charge in [0.25, 0.3) is 0 Å². The molecule has 2 nitrogen and oxygen atoms in total. The van der Waals surface area contributed by atoms with Gasteiger partial charge in [-0.15, -0.1) is 0 Å². The van der Waals surface area contributed by atoms with Crippen LogP contribution in [0.5, 0.6) is 5.75 Å². The summed E-state index contributed by atoms with van der Waals surface area (Å²) in [6, 6.07) is 7.70. The predicted octanol–water partition coefficient (Wildman–Crippen LogP) is 3.21. The molecule has 13 heavy (non-hydrogen) atoms. The fourth-order valence-corrected chi connectivity index (χ4v) is 1.38. The molecule has 1 rings (SSSR count). The van der Waals surface area contributed by atoms with Gasteiger partial charge in [0.15, 0.2) is 6.29 Å². The van der Waals surface area contributed by atoms with Crippen molar-refractivity contribution in [3.63, 3.8) is 0 Å². The van der Waals surface area contributed by atoms with Crippen LogP contribution < -0.4 is 4.74 Å². The van der Waals surface area contributed by atoms with Crippen molar-refractivity contribution in [1.82, 2.24) is 0 Å². The van der Waals surface area contributed by atoms with E-state index >= 15 is 0 Å². The van der Waals surface area contributed by atoms with Gasteiger partial charge in [-0.3, -0.25) is 0 Å². The molecule has 0 fully saturated rings. The fourth-order valence-electron chi connectivity index (χ4n) is 1.00. The Labute approximate surface area is 87.0 Å². The smallest absolute Gasteiger partial charge is 0.196 e. The highest BCUT2D eigenvalue weighted by molar-refractivity contribution is 9.10. The van der Waals surface area contributed by atoms with Gasteiger partial charge in [-0.2, -0.15) is 0 Å². The van der Waals surface area contributed by atoms with Crippen molar-refractivity contribution in [3.8, 4) is 5.75 Å². The zero-order valence-electron chi connectivity index (χ0n) is 7.79. The van der Waals surface area contributed by atoms with E-state index < -0.39 is 0 Å². The maximum Gasteiger partial charge on any atom is 0.196 e. The summed E-state index contributed by atoms with van der Waals surface area (Å²) in [6.45, 7) is 4.49. The average Bonchev–Trinajstić information content (AvgIpc) is 2.04. The van der Waals surface area contributed by atoms with Gasteiger partial charge < -0.3 is 9.47 Å². The lowest BCUT2D eigenvalue weighted by Crippen LogP contribution is -2.15. The van der Waals surface area contributed by atoms with Crippen LogP contribution in [0, 0.1) is 0 Å². The summed E-state index contributed by atoms with van der Waals surface area (Å²) in [5, 5.41) is 0. The Morgan fingerprint density at radius 2 is 2.23 bits per heavy atom. The molecule has 0 aliphatic rings. The molecule has 0 bridgehead atoms. The van der Waals surface area contributed by atoms with E-state index in [1.807, 2.05) is 38.1 Å². The molecule has 0 N–H and O–H groups in total. The minimum Gasteiger partial charge on any atom is -0.465 e. The van der Waals surface area contributed by atoms with Crippen LogP contribution in [0.1, 0.15) is 13.8 Å². The van der Waals surface area contributed by atoms with E-state index in [-0.39, 0.29) is 6.29 Å². The summed E-state index contributed by atoms with van der Waals surface area (Å²) < 4.78 is 11.7. The second-order valence-electron chi connectivity index (χ2n) is 2.60. The molecular weight excluding hydrogens is 232 g/mol. The number of halogens is 1. The van der Waals surface area contributed by atoms with Gasteiger partial charge in [0.2, 0.25) is 0 Å². The first kappa shape index (κ1) is 10.5. The van der Waals surface area contributed by atoms with E-state index in [9.17, 15) is 0 Å². The maximum atomic E-state index is 5.48. The summed E-state index contributed by atoms with van der Waals surface area (Å²) in [5.74, 6) is 0.815. The summed E-state index contributed by atoms with van der Waals surface area (Å²) in [6.07, 6.45) is -0.195. The summed E-state index contributed by atoms with van der Waals surface area (Å²) >= 11 is 3.37. The van der Waals surface area contributed by atoms with Crippen molar-refractivity contribution in [1.29, 1.82) is 0 Å². The van der Waals surface area contributed by atoms with E-state index in [2.05, 4.69) is 15.9 Å². The molecule has 1 atom stereocenters. The zero-order chi connectivity index (χ0) is 9.68. The molecule has 0 saturated heterocycles. The third kappa shape index (κ3) is 3.79. The summed E-state index contributed by atoms with van der Waals surface area (Å²) in [4.78, 5) is 0. The van der Waals surface area contributed by atoms with Crippen LogP contribution in [0.25, 0.3) is 0 Å². The standard InChI is InChI=1S/C10H13BrO2/c1-3-12-8(2)13-10-6-4-5-9(11)7-10/h4-8H,3H2,1-2H3/t8-/m1/s1. The second kappa shape index (κ2) is 5.25. The molecule has 0 unspecified atom stereocenters. The minimum atomic E-state index is -0.195. The Balaban J connectivity index is 2.53. The molecule has 3 heteroatoms. The van der Waals surface area contributed by atoms with Crippen molar-refractivity contribution in [2.45, 2.75) is 20.1 Å². The fraction of sp³-hybridized carbons (Fsp3) is 0.400. The van der Waals surface area contributed by atoms with Crippen LogP contribution in [0.2, 0.25) is 0 Å². The van der Waals surface area contributed by atoms with E-state index in [1.54, 1.807) is 0 Å². The number of rotatable bonds is 4. The maximum absolute atomic E-state index is 5.48. The number of benzene rings is 1. The largest absolute Gasteiger partial charge is 0.465 e. The lowest BCUT2D eigenvalue weighted by molar-refractivity contribution is -0.0613. The average molecular weight is 245 g/mol. The summed E-state index contributed by atoms with van der Waals surface area (Å²) in [5.41, 5.74) is 0. The van der Waals surface area contributed by atoms with Crippen molar-refractivity contribution in [3.05, 3.63) is 28.7 Å². The Bertz CT molecular complexity index is 263. The lowest BCUT2D eigenvalue weighted by Gasteiger charge is -2.14. The minimum absolute atomic E-state index is 0.195. The van der Waals surface area contributed by atoms with Gasteiger partial charge in [-0.1, -0.05) is 22.0 Å². The quantitative estimate of drug-likeness (QED) is 0.758. The van der Waals surface area contributed by atoms with Crippen molar-refractivity contribution in [2.75, 3.05) is 6.61 Å². The zero-order valence-corrected chi connectivity index (χ0v) is 9.37. The van der Waals surface area contributed by atoms with Gasteiger partial charge in [-0.25, -0.2) is 0 Å². The highest BCUT2D eigenvalue weighted by Gasteiger charge is 2.01. The van der Waals surface area contributed by atoms with Crippen LogP contribution in [-0.2, 0) is 4.74 Å². The third-order valence-electron chi connectivity index (χ3n) is 1.50. The predicted molar refractivity (Wildman–Crippen MR) is 55.9 cm³/mol. The van der Waals surface area contributed by atoms with Gasteiger partial charge >= 0.3 is 0 Å². The molecule has 1 aromatic rings. The molecule has 0 aromatic heterocycles. The van der Waals surface area contributed by atoms with Crippen molar-refractivity contribution in [2.24, 2.45) is 0 Å². The molecule has 0 heterocycles. The van der Waals surface area contributed by atoms with Crippen LogP contribution in [-0.4, -0.2) is 12.9 Å². The second-order valence-corrected chi connectivity index (χ2v) is 3.51. The SMILES string of the molecule is CCO[C@@H](C)Oc1cccc(Br)c1. The Morgan fingerprint density at radius 3 is 2.85 bits per heavy atom. The van der Waals surface area contributed by atoms with E-state index in [1.165, 1.54) is 0 Å². The molecule has 0 saturated carbocycles. The Kier molecular flexibility index (Phi) is 4.25. The van der Waals surface area contributed by atoms with Crippen LogP contribution in [0.15, 0.2) is 28.7 Å². The highest BCUT2D eigenvalue weighted by Crippen LogP contribution is 2.18. The monoisotopic (exact) mass is 244 g/mol.